The molecular formula is C15H27N3O2S. The fraction of sp³-hybridized carbons (Fsp3) is 0.867. The van der Waals surface area contributed by atoms with E-state index in [9.17, 15) is 4.79 Å². The van der Waals surface area contributed by atoms with Crippen LogP contribution in [0.5, 0.6) is 0 Å². The minimum atomic E-state index is -0.333. The minimum absolute atomic E-state index is 0.0731. The van der Waals surface area contributed by atoms with Crippen LogP contribution in [0.25, 0.3) is 0 Å². The summed E-state index contributed by atoms with van der Waals surface area (Å²) in [5.41, 5.74) is 6.00. The molecule has 2 rings (SSSR count). The number of nitrogens with zero attached hydrogens (tertiary/aromatic N) is 2. The maximum Gasteiger partial charge on any atom is 0.226 e. The summed E-state index contributed by atoms with van der Waals surface area (Å²) in [6, 6.07) is 0. The lowest BCUT2D eigenvalue weighted by Crippen LogP contribution is -2.52. The van der Waals surface area contributed by atoms with Crippen LogP contribution in [-0.2, 0) is 4.79 Å². The zero-order chi connectivity index (χ0) is 16.1. The summed E-state index contributed by atoms with van der Waals surface area (Å²) in [5, 5.41) is 12.2. The summed E-state index contributed by atoms with van der Waals surface area (Å²) in [4.78, 5) is 14.7. The average molecular weight is 313 g/mol. The van der Waals surface area contributed by atoms with Crippen molar-refractivity contribution in [2.45, 2.75) is 45.3 Å². The predicted molar refractivity (Wildman–Crippen MR) is 86.5 cm³/mol. The first kappa shape index (κ1) is 16.5. The highest BCUT2D eigenvalue weighted by atomic mass is 32.2. The van der Waals surface area contributed by atoms with Gasteiger partial charge in [0, 0.05) is 19.0 Å². The molecular weight excluding hydrogens is 286 g/mol. The number of carbonyl (C=O) groups excluding carboxylic acids is 1. The molecule has 0 aromatic rings. The lowest BCUT2D eigenvalue weighted by molar-refractivity contribution is -0.134. The molecule has 21 heavy (non-hydrogen) atoms. The summed E-state index contributed by atoms with van der Waals surface area (Å²) in [5.74, 6) is 0.643. The van der Waals surface area contributed by atoms with Crippen molar-refractivity contribution in [1.29, 1.82) is 0 Å². The lowest BCUT2D eigenvalue weighted by Gasteiger charge is -2.40. The Hall–Kier alpha value is -0.910. The fourth-order valence-corrected chi connectivity index (χ4v) is 4.58. The molecule has 2 fully saturated rings. The van der Waals surface area contributed by atoms with E-state index in [1.54, 1.807) is 11.8 Å². The van der Waals surface area contributed by atoms with Crippen molar-refractivity contribution < 1.29 is 10.0 Å². The Morgan fingerprint density at radius 2 is 1.71 bits per heavy atom. The number of piperidine rings is 1. The van der Waals surface area contributed by atoms with Crippen molar-refractivity contribution in [2.75, 3.05) is 19.3 Å². The van der Waals surface area contributed by atoms with Crippen molar-refractivity contribution in [3.63, 3.8) is 0 Å². The van der Waals surface area contributed by atoms with Crippen LogP contribution in [0.3, 0.4) is 0 Å². The highest BCUT2D eigenvalue weighted by Gasteiger charge is 2.69. The monoisotopic (exact) mass is 313 g/mol. The van der Waals surface area contributed by atoms with E-state index >= 15 is 0 Å². The van der Waals surface area contributed by atoms with Gasteiger partial charge in [0.15, 0.2) is 5.84 Å². The standard InChI is InChI=1S/C15H27N3O2S/c1-13(2)10(14(13,3)4)11(19)18-8-6-15(21-5,7-9-18)12(16)17-20/h10,20H,6-9H2,1-5H3,(H2,16,17). The van der Waals surface area contributed by atoms with Crippen LogP contribution in [0, 0.1) is 16.7 Å². The van der Waals surface area contributed by atoms with Crippen LogP contribution < -0.4 is 5.73 Å². The largest absolute Gasteiger partial charge is 0.409 e. The maximum absolute atomic E-state index is 12.7. The van der Waals surface area contributed by atoms with Gasteiger partial charge in [-0.25, -0.2) is 0 Å². The molecule has 5 nitrogen and oxygen atoms in total. The van der Waals surface area contributed by atoms with Crippen LogP contribution >= 0.6 is 11.8 Å². The van der Waals surface area contributed by atoms with Crippen LogP contribution in [0.15, 0.2) is 5.16 Å². The highest BCUT2D eigenvalue weighted by Crippen LogP contribution is 2.68. The topological polar surface area (TPSA) is 78.9 Å². The Bertz CT molecular complexity index is 452. The van der Waals surface area contributed by atoms with E-state index in [0.717, 1.165) is 12.8 Å². The Balaban J connectivity index is 2.04. The number of likely N-dealkylation sites (tertiary alicyclic amines) is 1. The SMILES string of the molecule is CSC1(C(N)=NO)CCN(C(=O)C2C(C)(C)C2(C)C)CC1. The second-order valence-corrected chi connectivity index (χ2v) is 8.58. The van der Waals surface area contributed by atoms with Gasteiger partial charge in [0.25, 0.3) is 0 Å². The van der Waals surface area contributed by atoms with Crippen LogP contribution in [0.1, 0.15) is 40.5 Å². The van der Waals surface area contributed by atoms with E-state index < -0.39 is 0 Å². The molecule has 0 aromatic carbocycles. The van der Waals surface area contributed by atoms with Gasteiger partial charge in [-0.1, -0.05) is 32.9 Å². The summed E-state index contributed by atoms with van der Waals surface area (Å²) >= 11 is 1.61. The lowest BCUT2D eigenvalue weighted by atomic mass is 9.94. The molecule has 0 unspecified atom stereocenters. The van der Waals surface area contributed by atoms with E-state index in [0.29, 0.717) is 13.1 Å². The van der Waals surface area contributed by atoms with Gasteiger partial charge in [-0.15, -0.1) is 0 Å². The molecule has 0 aromatic heterocycles. The number of nitrogens with two attached hydrogens (primary N) is 1. The third-order valence-corrected chi connectivity index (χ3v) is 7.51. The Morgan fingerprint density at radius 1 is 1.24 bits per heavy atom. The van der Waals surface area contributed by atoms with E-state index in [2.05, 4.69) is 32.9 Å². The van der Waals surface area contributed by atoms with Gasteiger partial charge in [0.1, 0.15) is 0 Å². The Labute approximate surface area is 131 Å². The molecule has 1 aliphatic heterocycles. The molecule has 0 radical (unpaired) electrons. The molecule has 3 N–H and O–H groups in total. The predicted octanol–water partition coefficient (Wildman–Crippen LogP) is 2.14. The van der Waals surface area contributed by atoms with Crippen molar-refractivity contribution in [3.05, 3.63) is 0 Å². The first-order valence-corrected chi connectivity index (χ1v) is 8.68. The zero-order valence-electron chi connectivity index (χ0n) is 13.6. The van der Waals surface area contributed by atoms with E-state index in [1.165, 1.54) is 0 Å². The summed E-state index contributed by atoms with van der Waals surface area (Å²) < 4.78 is -0.333. The highest BCUT2D eigenvalue weighted by molar-refractivity contribution is 8.00. The number of amides is 1. The maximum atomic E-state index is 12.7. The van der Waals surface area contributed by atoms with Crippen LogP contribution in [0.2, 0.25) is 0 Å². The number of carbonyl (C=O) groups is 1. The third kappa shape index (κ3) is 2.31. The number of oxime groups is 1. The van der Waals surface area contributed by atoms with Crippen LogP contribution in [0.4, 0.5) is 0 Å². The second-order valence-electron chi connectivity index (χ2n) is 7.39. The molecule has 1 amide bonds. The molecule has 6 heteroatoms. The van der Waals surface area contributed by atoms with E-state index in [4.69, 9.17) is 10.9 Å². The number of thioether (sulfide) groups is 1. The van der Waals surface area contributed by atoms with E-state index in [-0.39, 0.29) is 33.2 Å². The molecule has 0 spiro atoms. The zero-order valence-corrected chi connectivity index (χ0v) is 14.5. The van der Waals surface area contributed by atoms with Gasteiger partial charge in [0.05, 0.1) is 4.75 Å². The first-order chi connectivity index (χ1) is 9.64. The first-order valence-electron chi connectivity index (χ1n) is 7.46. The van der Waals surface area contributed by atoms with Crippen molar-refractivity contribution in [2.24, 2.45) is 27.6 Å². The second kappa shape index (κ2) is 5.07. The molecule has 1 heterocycles. The summed E-state index contributed by atoms with van der Waals surface area (Å²) in [6.07, 6.45) is 3.45. The normalized spacial score (nSPS) is 27.5. The number of hydrogen-bond acceptors (Lipinski definition) is 4. The van der Waals surface area contributed by atoms with Crippen molar-refractivity contribution >= 4 is 23.5 Å². The van der Waals surface area contributed by atoms with Crippen LogP contribution in [-0.4, -0.2) is 45.9 Å². The van der Waals surface area contributed by atoms with Crippen molar-refractivity contribution in [3.8, 4) is 0 Å². The van der Waals surface area contributed by atoms with Gasteiger partial charge in [-0.3, -0.25) is 4.79 Å². The summed E-state index contributed by atoms with van der Waals surface area (Å²) in [7, 11) is 0. The van der Waals surface area contributed by atoms with Gasteiger partial charge in [0.2, 0.25) is 5.91 Å². The average Bonchev–Trinajstić information content (AvgIpc) is 2.87. The molecule has 0 atom stereocenters. The van der Waals surface area contributed by atoms with E-state index in [1.807, 2.05) is 11.2 Å². The molecule has 120 valence electrons. The molecule has 1 saturated heterocycles. The molecule has 1 aliphatic carbocycles. The van der Waals surface area contributed by atoms with Gasteiger partial charge >= 0.3 is 0 Å². The molecule has 0 bridgehead atoms. The third-order valence-electron chi connectivity index (χ3n) is 6.12. The Kier molecular flexibility index (Phi) is 3.98. The number of hydrogen-bond donors (Lipinski definition) is 2. The quantitative estimate of drug-likeness (QED) is 0.362. The van der Waals surface area contributed by atoms with Gasteiger partial charge < -0.3 is 15.8 Å². The Morgan fingerprint density at radius 3 is 2.05 bits per heavy atom. The smallest absolute Gasteiger partial charge is 0.226 e. The minimum Gasteiger partial charge on any atom is -0.409 e. The molecule has 1 saturated carbocycles. The molecule has 2 aliphatic rings. The fourth-order valence-electron chi connectivity index (χ4n) is 3.74. The number of amidine groups is 1. The summed E-state index contributed by atoms with van der Waals surface area (Å²) in [6.45, 7) is 10.0. The number of rotatable bonds is 3. The van der Waals surface area contributed by atoms with Gasteiger partial charge in [-0.2, -0.15) is 11.8 Å². The van der Waals surface area contributed by atoms with Gasteiger partial charge in [-0.05, 0) is 29.9 Å². The van der Waals surface area contributed by atoms with Crippen molar-refractivity contribution in [1.82, 2.24) is 4.90 Å².